The topological polar surface area (TPSA) is 87.2 Å². The number of aliphatic hydroxyl groups is 1. The number of nitrogens with zero attached hydrogens (tertiary/aromatic N) is 2. The first-order valence-electron chi connectivity index (χ1n) is 12.0. The molecule has 0 unspecified atom stereocenters. The van der Waals surface area contributed by atoms with Crippen molar-refractivity contribution in [1.82, 2.24) is 9.21 Å². The van der Waals surface area contributed by atoms with E-state index in [9.17, 15) is 18.3 Å². The van der Waals surface area contributed by atoms with Crippen molar-refractivity contribution in [2.75, 3.05) is 26.7 Å². The second-order valence-corrected chi connectivity index (χ2v) is 11.4. The summed E-state index contributed by atoms with van der Waals surface area (Å²) in [6.45, 7) is 3.82. The van der Waals surface area contributed by atoms with Crippen molar-refractivity contribution in [3.8, 4) is 17.6 Å². The first-order valence-corrected chi connectivity index (χ1v) is 13.4. The molecule has 1 N–H and O–H groups in total. The third-order valence-corrected chi connectivity index (χ3v) is 8.57. The van der Waals surface area contributed by atoms with Gasteiger partial charge >= 0.3 is 0 Å². The van der Waals surface area contributed by atoms with Gasteiger partial charge in [0.25, 0.3) is 0 Å². The second kappa shape index (κ2) is 10.4. The van der Waals surface area contributed by atoms with Gasteiger partial charge in [0, 0.05) is 42.6 Å². The van der Waals surface area contributed by atoms with Crippen molar-refractivity contribution < 1.29 is 23.1 Å². The van der Waals surface area contributed by atoms with Gasteiger partial charge < -0.3 is 14.7 Å². The van der Waals surface area contributed by atoms with Crippen molar-refractivity contribution in [2.24, 2.45) is 11.8 Å². The van der Waals surface area contributed by atoms with Crippen molar-refractivity contribution in [1.29, 1.82) is 0 Å². The van der Waals surface area contributed by atoms with Crippen LogP contribution < -0.4 is 4.74 Å². The number of benzene rings is 2. The molecule has 1 amide bonds. The first-order chi connectivity index (χ1) is 16.7. The zero-order chi connectivity index (χ0) is 25.2. The Balaban J connectivity index is 1.72. The lowest BCUT2D eigenvalue weighted by Crippen LogP contribution is -2.50. The van der Waals surface area contributed by atoms with E-state index in [1.54, 1.807) is 31.0 Å². The van der Waals surface area contributed by atoms with Crippen molar-refractivity contribution in [2.45, 2.75) is 43.7 Å². The minimum absolute atomic E-state index is 0.0381. The van der Waals surface area contributed by atoms with Crippen LogP contribution in [0.4, 0.5) is 0 Å². The maximum Gasteiger partial charge on any atom is 0.247 e. The maximum atomic E-state index is 13.6. The van der Waals surface area contributed by atoms with Gasteiger partial charge in [-0.2, -0.15) is 4.31 Å². The Labute approximate surface area is 207 Å². The zero-order valence-corrected chi connectivity index (χ0v) is 21.2. The molecular formula is C27H32N2O5S. The molecule has 1 aliphatic heterocycles. The maximum absolute atomic E-state index is 13.6. The molecule has 0 saturated heterocycles. The van der Waals surface area contributed by atoms with Crippen molar-refractivity contribution in [3.63, 3.8) is 0 Å². The van der Waals surface area contributed by atoms with Crippen LogP contribution in [-0.2, 0) is 14.8 Å². The number of aliphatic hydroxyl groups excluding tert-OH is 1. The summed E-state index contributed by atoms with van der Waals surface area (Å²) in [5, 5.41) is 9.78. The smallest absolute Gasteiger partial charge is 0.247 e. The molecule has 1 fully saturated rings. The molecule has 8 heteroatoms. The number of rotatable bonds is 5. The van der Waals surface area contributed by atoms with Gasteiger partial charge in [0.15, 0.2) is 0 Å². The molecule has 0 bridgehead atoms. The molecule has 2 aromatic rings. The van der Waals surface area contributed by atoms with Gasteiger partial charge in [-0.1, -0.05) is 37.0 Å². The molecular weight excluding hydrogens is 464 g/mol. The van der Waals surface area contributed by atoms with Crippen molar-refractivity contribution in [3.05, 3.63) is 59.7 Å². The van der Waals surface area contributed by atoms with Crippen molar-refractivity contribution >= 4 is 15.9 Å². The Morgan fingerprint density at radius 3 is 2.51 bits per heavy atom. The summed E-state index contributed by atoms with van der Waals surface area (Å²) in [6, 6.07) is 13.8. The number of hydrogen-bond acceptors (Lipinski definition) is 5. The predicted octanol–water partition coefficient (Wildman–Crippen LogP) is 2.72. The highest BCUT2D eigenvalue weighted by atomic mass is 32.2. The van der Waals surface area contributed by atoms with Gasteiger partial charge in [0.1, 0.15) is 16.7 Å². The van der Waals surface area contributed by atoms with Crippen LogP contribution in [0.15, 0.2) is 53.4 Å². The average molecular weight is 497 g/mol. The number of carbonyl (C=O) groups excluding carboxylic acids is 1. The van der Waals surface area contributed by atoms with Gasteiger partial charge in [0.2, 0.25) is 15.9 Å². The third-order valence-electron chi connectivity index (χ3n) is 6.55. The van der Waals surface area contributed by atoms with Crippen LogP contribution in [0.2, 0.25) is 0 Å². The highest BCUT2D eigenvalue weighted by molar-refractivity contribution is 7.89. The molecule has 35 heavy (non-hydrogen) atoms. The standard InChI is InChI=1S/C27H32N2O5S/c1-19-16-29(20(2)18-30)35(32,33)26-14-11-22(10-9-21-7-5-4-6-8-21)15-24(26)34-25(19)17-28(3)27(31)23-12-13-23/h4-8,11,14-15,19-20,23,25,30H,12-13,16-18H2,1-3H3/t19-,20-,25+/m1/s1. The monoisotopic (exact) mass is 496 g/mol. The van der Waals surface area contributed by atoms with Crippen LogP contribution in [0, 0.1) is 23.7 Å². The van der Waals surface area contributed by atoms with Gasteiger partial charge in [-0.3, -0.25) is 4.79 Å². The Kier molecular flexibility index (Phi) is 7.50. The number of sulfonamides is 1. The van der Waals surface area contributed by atoms with E-state index >= 15 is 0 Å². The van der Waals surface area contributed by atoms with E-state index in [1.165, 1.54) is 10.4 Å². The van der Waals surface area contributed by atoms with Gasteiger partial charge in [-0.25, -0.2) is 8.42 Å². The van der Waals surface area contributed by atoms with Gasteiger partial charge in [-0.15, -0.1) is 0 Å². The molecule has 7 nitrogen and oxygen atoms in total. The van der Waals surface area contributed by atoms with E-state index in [1.807, 2.05) is 37.3 Å². The molecule has 1 heterocycles. The second-order valence-electron chi connectivity index (χ2n) is 9.51. The summed E-state index contributed by atoms with van der Waals surface area (Å²) in [4.78, 5) is 14.3. The van der Waals surface area contributed by atoms with E-state index in [4.69, 9.17) is 4.74 Å². The van der Waals surface area contributed by atoms with Gasteiger partial charge in [0.05, 0.1) is 13.2 Å². The van der Waals surface area contributed by atoms with Crippen LogP contribution in [0.5, 0.6) is 5.75 Å². The highest BCUT2D eigenvalue weighted by Crippen LogP contribution is 2.35. The molecule has 2 aromatic carbocycles. The van der Waals surface area contributed by atoms with E-state index in [0.717, 1.165) is 18.4 Å². The normalized spacial score (nSPS) is 22.4. The lowest BCUT2D eigenvalue weighted by Gasteiger charge is -2.37. The minimum Gasteiger partial charge on any atom is -0.487 e. The molecule has 4 rings (SSSR count). The first kappa shape index (κ1) is 25.2. The van der Waals surface area contributed by atoms with E-state index in [-0.39, 0.29) is 41.5 Å². The Morgan fingerprint density at radius 2 is 1.86 bits per heavy atom. The Morgan fingerprint density at radius 1 is 1.17 bits per heavy atom. The Hall–Kier alpha value is -2.86. The number of fused-ring (bicyclic) bond motifs is 1. The molecule has 0 aromatic heterocycles. The number of likely N-dealkylation sites (N-methyl/N-ethyl adjacent to an activating group) is 1. The zero-order valence-electron chi connectivity index (χ0n) is 20.3. The quantitative estimate of drug-likeness (QED) is 0.644. The predicted molar refractivity (Wildman–Crippen MR) is 133 cm³/mol. The average Bonchev–Trinajstić information content (AvgIpc) is 3.70. The fraction of sp³-hybridized carbons (Fsp3) is 0.444. The number of amides is 1. The molecule has 0 spiro atoms. The SMILES string of the molecule is C[C@@H]1CN([C@H](C)CO)S(=O)(=O)c2ccc(C#Cc3ccccc3)cc2O[C@H]1CN(C)C(=O)C1CC1. The summed E-state index contributed by atoms with van der Waals surface area (Å²) >= 11 is 0. The minimum atomic E-state index is -3.92. The van der Waals surface area contributed by atoms with Crippen LogP contribution >= 0.6 is 0 Å². The third kappa shape index (κ3) is 5.69. The summed E-state index contributed by atoms with van der Waals surface area (Å²) < 4.78 is 34.8. The van der Waals surface area contributed by atoms with Crippen LogP contribution in [-0.4, -0.2) is 67.5 Å². The number of ether oxygens (including phenoxy) is 1. The lowest BCUT2D eigenvalue weighted by atomic mass is 10.0. The summed E-state index contributed by atoms with van der Waals surface area (Å²) in [5.41, 5.74) is 1.47. The number of hydrogen-bond donors (Lipinski definition) is 1. The molecule has 0 radical (unpaired) electrons. The van der Waals surface area contributed by atoms with Gasteiger partial charge in [-0.05, 0) is 50.1 Å². The fourth-order valence-corrected chi connectivity index (χ4v) is 6.01. The Bertz CT molecular complexity index is 1230. The highest BCUT2D eigenvalue weighted by Gasteiger charge is 2.39. The molecule has 1 aliphatic carbocycles. The molecule has 1 saturated carbocycles. The number of carbonyl (C=O) groups is 1. The largest absolute Gasteiger partial charge is 0.487 e. The summed E-state index contributed by atoms with van der Waals surface area (Å²) in [7, 11) is -2.16. The summed E-state index contributed by atoms with van der Waals surface area (Å²) in [6.07, 6.45) is 1.40. The fourth-order valence-electron chi connectivity index (χ4n) is 4.19. The van der Waals surface area contributed by atoms with E-state index in [0.29, 0.717) is 12.1 Å². The van der Waals surface area contributed by atoms with Crippen LogP contribution in [0.3, 0.4) is 0 Å². The molecule has 3 atom stereocenters. The van der Waals surface area contributed by atoms with E-state index < -0.39 is 22.2 Å². The molecule has 2 aliphatic rings. The van der Waals surface area contributed by atoms with Crippen LogP contribution in [0.1, 0.15) is 37.8 Å². The van der Waals surface area contributed by atoms with Crippen LogP contribution in [0.25, 0.3) is 0 Å². The lowest BCUT2D eigenvalue weighted by molar-refractivity contribution is -0.132. The molecule has 186 valence electrons. The van der Waals surface area contributed by atoms with E-state index in [2.05, 4.69) is 11.8 Å². The summed E-state index contributed by atoms with van der Waals surface area (Å²) in [5.74, 6) is 6.34.